The fourth-order valence-electron chi connectivity index (χ4n) is 3.38. The van der Waals surface area contributed by atoms with E-state index in [4.69, 9.17) is 0 Å². The van der Waals surface area contributed by atoms with Crippen LogP contribution in [0.25, 0.3) is 0 Å². The molecule has 0 amide bonds. The van der Waals surface area contributed by atoms with Gasteiger partial charge in [-0.2, -0.15) is 5.10 Å². The van der Waals surface area contributed by atoms with Gasteiger partial charge in [-0.25, -0.2) is 4.99 Å². The van der Waals surface area contributed by atoms with Gasteiger partial charge in [0, 0.05) is 32.9 Å². The predicted molar refractivity (Wildman–Crippen MR) is 93.2 cm³/mol. The molecular formula is C17H31N5O. The van der Waals surface area contributed by atoms with E-state index in [0.717, 1.165) is 31.2 Å². The van der Waals surface area contributed by atoms with Crippen molar-refractivity contribution in [1.29, 1.82) is 0 Å². The van der Waals surface area contributed by atoms with Crippen LogP contribution < -0.4 is 10.6 Å². The SMILES string of the molecule is CCNC(=NCc1ccnn1C)NCC1(CCO)CCCCC1. The van der Waals surface area contributed by atoms with Crippen LogP contribution in [0.2, 0.25) is 0 Å². The summed E-state index contributed by atoms with van der Waals surface area (Å²) in [6.07, 6.45) is 8.92. The molecule has 2 rings (SSSR count). The third kappa shape index (κ3) is 5.23. The Kier molecular flexibility index (Phi) is 6.89. The Labute approximate surface area is 139 Å². The summed E-state index contributed by atoms with van der Waals surface area (Å²) in [5, 5.41) is 20.4. The first-order valence-corrected chi connectivity index (χ1v) is 8.79. The highest BCUT2D eigenvalue weighted by Gasteiger charge is 2.31. The smallest absolute Gasteiger partial charge is 0.191 e. The maximum absolute atomic E-state index is 9.43. The molecule has 23 heavy (non-hydrogen) atoms. The van der Waals surface area contributed by atoms with E-state index in [1.807, 2.05) is 17.8 Å². The van der Waals surface area contributed by atoms with Crippen molar-refractivity contribution < 1.29 is 5.11 Å². The van der Waals surface area contributed by atoms with E-state index in [-0.39, 0.29) is 12.0 Å². The van der Waals surface area contributed by atoms with Crippen LogP contribution in [-0.4, -0.2) is 40.5 Å². The second-order valence-electron chi connectivity index (χ2n) is 6.53. The summed E-state index contributed by atoms with van der Waals surface area (Å²) in [4.78, 5) is 4.66. The van der Waals surface area contributed by atoms with Gasteiger partial charge < -0.3 is 15.7 Å². The van der Waals surface area contributed by atoms with Crippen LogP contribution in [0.5, 0.6) is 0 Å². The molecule has 0 aliphatic heterocycles. The Hall–Kier alpha value is -1.56. The summed E-state index contributed by atoms with van der Waals surface area (Å²) in [6.45, 7) is 4.67. The maximum atomic E-state index is 9.43. The molecule has 130 valence electrons. The zero-order valence-corrected chi connectivity index (χ0v) is 14.5. The predicted octanol–water partition coefficient (Wildman–Crippen LogP) is 1.81. The lowest BCUT2D eigenvalue weighted by Gasteiger charge is -2.37. The van der Waals surface area contributed by atoms with E-state index in [0.29, 0.717) is 6.54 Å². The van der Waals surface area contributed by atoms with Gasteiger partial charge in [-0.3, -0.25) is 4.68 Å². The molecule has 1 saturated carbocycles. The summed E-state index contributed by atoms with van der Waals surface area (Å²) >= 11 is 0. The quantitative estimate of drug-likeness (QED) is 0.529. The van der Waals surface area contributed by atoms with Crippen molar-refractivity contribution in [3.63, 3.8) is 0 Å². The van der Waals surface area contributed by atoms with E-state index >= 15 is 0 Å². The number of hydrogen-bond donors (Lipinski definition) is 3. The molecule has 3 N–H and O–H groups in total. The lowest BCUT2D eigenvalue weighted by Crippen LogP contribution is -2.45. The fourth-order valence-corrected chi connectivity index (χ4v) is 3.38. The summed E-state index contributed by atoms with van der Waals surface area (Å²) in [6, 6.07) is 1.99. The molecule has 1 aromatic heterocycles. The second kappa shape index (κ2) is 8.91. The van der Waals surface area contributed by atoms with Crippen molar-refractivity contribution in [3.8, 4) is 0 Å². The number of nitrogens with one attached hydrogen (secondary N) is 2. The standard InChI is InChI=1S/C17H31N5O/c1-3-18-16(19-13-15-7-11-21-22(15)2)20-14-17(10-12-23)8-5-4-6-9-17/h7,11,23H,3-6,8-10,12-14H2,1-2H3,(H2,18,19,20). The minimum Gasteiger partial charge on any atom is -0.396 e. The third-order valence-corrected chi connectivity index (χ3v) is 4.85. The molecule has 6 nitrogen and oxygen atoms in total. The molecule has 1 fully saturated rings. The lowest BCUT2D eigenvalue weighted by atomic mass is 9.72. The van der Waals surface area contributed by atoms with Gasteiger partial charge in [0.05, 0.1) is 12.2 Å². The number of aliphatic imine (C=N–C) groups is 1. The van der Waals surface area contributed by atoms with E-state index in [2.05, 4.69) is 27.6 Å². The largest absolute Gasteiger partial charge is 0.396 e. The Bertz CT molecular complexity index is 485. The van der Waals surface area contributed by atoms with Crippen LogP contribution in [0.1, 0.15) is 51.1 Å². The van der Waals surface area contributed by atoms with Gasteiger partial charge in [0.25, 0.3) is 0 Å². The van der Waals surface area contributed by atoms with Gasteiger partial charge in [-0.15, -0.1) is 0 Å². The summed E-state index contributed by atoms with van der Waals surface area (Å²) in [7, 11) is 1.93. The number of hydrogen-bond acceptors (Lipinski definition) is 3. The zero-order valence-electron chi connectivity index (χ0n) is 14.5. The Morgan fingerprint density at radius 1 is 1.35 bits per heavy atom. The van der Waals surface area contributed by atoms with E-state index < -0.39 is 0 Å². The van der Waals surface area contributed by atoms with Crippen LogP contribution in [0, 0.1) is 5.41 Å². The lowest BCUT2D eigenvalue weighted by molar-refractivity contribution is 0.131. The van der Waals surface area contributed by atoms with Gasteiger partial charge in [0.2, 0.25) is 0 Å². The van der Waals surface area contributed by atoms with Crippen LogP contribution >= 0.6 is 0 Å². The number of guanidine groups is 1. The average molecular weight is 321 g/mol. The van der Waals surface area contributed by atoms with Gasteiger partial charge in [-0.1, -0.05) is 19.3 Å². The van der Waals surface area contributed by atoms with Crippen LogP contribution in [-0.2, 0) is 13.6 Å². The summed E-state index contributed by atoms with van der Waals surface area (Å²) in [5.41, 5.74) is 1.31. The van der Waals surface area contributed by atoms with Crippen LogP contribution in [0.4, 0.5) is 0 Å². The average Bonchev–Trinajstić information content (AvgIpc) is 2.96. The van der Waals surface area contributed by atoms with Gasteiger partial charge >= 0.3 is 0 Å². The van der Waals surface area contributed by atoms with Crippen molar-refractivity contribution in [2.75, 3.05) is 19.7 Å². The minimum absolute atomic E-state index is 0.218. The molecule has 0 saturated heterocycles. The van der Waals surface area contributed by atoms with Crippen molar-refractivity contribution in [2.45, 2.75) is 52.0 Å². The summed E-state index contributed by atoms with van der Waals surface area (Å²) in [5.74, 6) is 0.844. The molecule has 0 radical (unpaired) electrons. The van der Waals surface area contributed by atoms with E-state index in [9.17, 15) is 5.11 Å². The van der Waals surface area contributed by atoms with Gasteiger partial charge in [0.1, 0.15) is 0 Å². The molecule has 1 aromatic rings. The van der Waals surface area contributed by atoms with Crippen molar-refractivity contribution in [1.82, 2.24) is 20.4 Å². The topological polar surface area (TPSA) is 74.5 Å². The van der Waals surface area contributed by atoms with Crippen LogP contribution in [0.3, 0.4) is 0 Å². The molecule has 1 heterocycles. The zero-order chi connectivity index (χ0) is 16.5. The Morgan fingerprint density at radius 2 is 2.13 bits per heavy atom. The van der Waals surface area contributed by atoms with Gasteiger partial charge in [0.15, 0.2) is 5.96 Å². The number of aliphatic hydroxyl groups is 1. The highest BCUT2D eigenvalue weighted by molar-refractivity contribution is 5.79. The molecule has 0 aromatic carbocycles. The number of aryl methyl sites for hydroxylation is 1. The molecule has 1 aliphatic carbocycles. The molecule has 0 spiro atoms. The minimum atomic E-state index is 0.218. The van der Waals surface area contributed by atoms with Crippen molar-refractivity contribution in [3.05, 3.63) is 18.0 Å². The molecular weight excluding hydrogens is 290 g/mol. The second-order valence-corrected chi connectivity index (χ2v) is 6.53. The maximum Gasteiger partial charge on any atom is 0.191 e. The highest BCUT2D eigenvalue weighted by atomic mass is 16.3. The van der Waals surface area contributed by atoms with Gasteiger partial charge in [-0.05, 0) is 37.7 Å². The normalized spacial score (nSPS) is 18.0. The van der Waals surface area contributed by atoms with Crippen molar-refractivity contribution in [2.24, 2.45) is 17.5 Å². The number of rotatable bonds is 7. The number of nitrogens with zero attached hydrogens (tertiary/aromatic N) is 3. The molecule has 6 heteroatoms. The van der Waals surface area contributed by atoms with Crippen molar-refractivity contribution >= 4 is 5.96 Å². The first kappa shape index (κ1) is 17.8. The molecule has 0 unspecified atom stereocenters. The number of aliphatic hydroxyl groups excluding tert-OH is 1. The monoisotopic (exact) mass is 321 g/mol. The number of aromatic nitrogens is 2. The first-order valence-electron chi connectivity index (χ1n) is 8.79. The Balaban J connectivity index is 1.96. The van der Waals surface area contributed by atoms with E-state index in [1.165, 1.54) is 32.1 Å². The molecule has 1 aliphatic rings. The Morgan fingerprint density at radius 3 is 2.74 bits per heavy atom. The first-order chi connectivity index (χ1) is 11.2. The fraction of sp³-hybridized carbons (Fsp3) is 0.765. The summed E-state index contributed by atoms with van der Waals surface area (Å²) < 4.78 is 1.85. The third-order valence-electron chi connectivity index (χ3n) is 4.85. The molecule has 0 bridgehead atoms. The highest BCUT2D eigenvalue weighted by Crippen LogP contribution is 2.38. The van der Waals surface area contributed by atoms with Crippen LogP contribution in [0.15, 0.2) is 17.3 Å². The van der Waals surface area contributed by atoms with E-state index in [1.54, 1.807) is 6.20 Å². The molecule has 0 atom stereocenters.